The highest BCUT2D eigenvalue weighted by molar-refractivity contribution is 5.59. The minimum atomic E-state index is 1.04. The Morgan fingerprint density at radius 2 is 2.08 bits per heavy atom. The van der Waals surface area contributed by atoms with Crippen LogP contribution in [-0.2, 0) is 0 Å². The van der Waals surface area contributed by atoms with Gasteiger partial charge in [-0.25, -0.2) is 0 Å². The summed E-state index contributed by atoms with van der Waals surface area (Å²) in [6, 6.07) is 4.12. The van der Waals surface area contributed by atoms with Crippen molar-refractivity contribution in [1.82, 2.24) is 9.88 Å². The van der Waals surface area contributed by atoms with Crippen LogP contribution in [-0.4, -0.2) is 24.0 Å². The highest BCUT2D eigenvalue weighted by Gasteiger charge is 1.96. The molecule has 1 rings (SSSR count). The lowest BCUT2D eigenvalue weighted by Gasteiger charge is -2.07. The maximum atomic E-state index is 4.34. The number of nitrogens with zero attached hydrogens (tertiary/aromatic N) is 2. The lowest BCUT2D eigenvalue weighted by atomic mass is 10.2. The second kappa shape index (κ2) is 4.08. The Labute approximate surface area is 79.9 Å². The van der Waals surface area contributed by atoms with Crippen LogP contribution in [0.4, 0.5) is 0 Å². The molecule has 0 aliphatic heterocycles. The zero-order valence-corrected chi connectivity index (χ0v) is 8.70. The van der Waals surface area contributed by atoms with Crippen molar-refractivity contribution < 1.29 is 0 Å². The molecule has 70 valence electrons. The van der Waals surface area contributed by atoms with E-state index in [-0.39, 0.29) is 0 Å². The summed E-state index contributed by atoms with van der Waals surface area (Å²) in [5.74, 6) is 0. The molecule has 0 aliphatic rings. The molecule has 0 radical (unpaired) electrons. The topological polar surface area (TPSA) is 16.1 Å². The van der Waals surface area contributed by atoms with Gasteiger partial charge in [0.2, 0.25) is 0 Å². The first-order valence-electron chi connectivity index (χ1n) is 4.37. The van der Waals surface area contributed by atoms with Crippen molar-refractivity contribution in [3.05, 3.63) is 35.8 Å². The molecule has 0 bridgehead atoms. The molecule has 1 aromatic heterocycles. The lowest BCUT2D eigenvalue weighted by molar-refractivity contribution is 0.565. The van der Waals surface area contributed by atoms with Crippen LogP contribution in [0.15, 0.2) is 24.5 Å². The average Bonchev–Trinajstić information content (AvgIpc) is 2.04. The fourth-order valence-electron chi connectivity index (χ4n) is 1.15. The Morgan fingerprint density at radius 3 is 2.54 bits per heavy atom. The first-order chi connectivity index (χ1) is 6.09. The van der Waals surface area contributed by atoms with Crippen LogP contribution in [0.3, 0.4) is 0 Å². The predicted octanol–water partition coefficient (Wildman–Crippen LogP) is 2.31. The van der Waals surface area contributed by atoms with Gasteiger partial charge in [-0.1, -0.05) is 6.07 Å². The van der Waals surface area contributed by atoms with Crippen LogP contribution in [0.2, 0.25) is 0 Å². The summed E-state index contributed by atoms with van der Waals surface area (Å²) < 4.78 is 0. The van der Waals surface area contributed by atoms with Crippen LogP contribution in [0.1, 0.15) is 18.2 Å². The van der Waals surface area contributed by atoms with Crippen molar-refractivity contribution in [2.24, 2.45) is 0 Å². The summed E-state index contributed by atoms with van der Waals surface area (Å²) in [5.41, 5.74) is 3.42. The molecule has 2 nitrogen and oxygen atoms in total. The SMILES string of the molecule is C/C(=C\N(C)C)c1ccc(C)cn1. The number of hydrogen-bond acceptors (Lipinski definition) is 2. The van der Waals surface area contributed by atoms with Crippen molar-refractivity contribution in [3.8, 4) is 0 Å². The number of aromatic nitrogens is 1. The van der Waals surface area contributed by atoms with Gasteiger partial charge < -0.3 is 4.90 Å². The number of hydrogen-bond donors (Lipinski definition) is 0. The number of aryl methyl sites for hydroxylation is 1. The van der Waals surface area contributed by atoms with Gasteiger partial charge in [-0.2, -0.15) is 0 Å². The zero-order chi connectivity index (χ0) is 9.84. The van der Waals surface area contributed by atoms with E-state index in [2.05, 4.69) is 24.2 Å². The maximum Gasteiger partial charge on any atom is 0.0673 e. The van der Waals surface area contributed by atoms with Crippen LogP contribution < -0.4 is 0 Å². The van der Waals surface area contributed by atoms with E-state index in [9.17, 15) is 0 Å². The van der Waals surface area contributed by atoms with Gasteiger partial charge >= 0.3 is 0 Å². The van der Waals surface area contributed by atoms with E-state index in [1.165, 1.54) is 11.1 Å². The monoisotopic (exact) mass is 176 g/mol. The van der Waals surface area contributed by atoms with Crippen LogP contribution in [0.5, 0.6) is 0 Å². The Balaban J connectivity index is 2.89. The van der Waals surface area contributed by atoms with Gasteiger partial charge in [-0.3, -0.25) is 4.98 Å². The fraction of sp³-hybridized carbons (Fsp3) is 0.364. The van der Waals surface area contributed by atoms with Gasteiger partial charge in [0.05, 0.1) is 5.69 Å². The fourth-order valence-corrected chi connectivity index (χ4v) is 1.15. The van der Waals surface area contributed by atoms with Crippen molar-refractivity contribution in [3.63, 3.8) is 0 Å². The Bertz CT molecular complexity index is 296. The molecule has 0 unspecified atom stereocenters. The van der Waals surface area contributed by atoms with Gasteiger partial charge in [0.15, 0.2) is 0 Å². The average molecular weight is 176 g/mol. The van der Waals surface area contributed by atoms with Gasteiger partial charge in [0.25, 0.3) is 0 Å². The lowest BCUT2D eigenvalue weighted by Crippen LogP contribution is -2.02. The largest absolute Gasteiger partial charge is 0.383 e. The van der Waals surface area contributed by atoms with E-state index >= 15 is 0 Å². The van der Waals surface area contributed by atoms with Crippen molar-refractivity contribution in [1.29, 1.82) is 0 Å². The van der Waals surface area contributed by atoms with E-state index in [1.807, 2.05) is 38.2 Å². The first-order valence-corrected chi connectivity index (χ1v) is 4.37. The molecule has 2 heteroatoms. The molecule has 13 heavy (non-hydrogen) atoms. The van der Waals surface area contributed by atoms with E-state index in [0.29, 0.717) is 0 Å². The smallest absolute Gasteiger partial charge is 0.0673 e. The molecule has 0 amide bonds. The van der Waals surface area contributed by atoms with Gasteiger partial charge in [0.1, 0.15) is 0 Å². The molecule has 0 saturated carbocycles. The molecule has 1 heterocycles. The van der Waals surface area contributed by atoms with Crippen LogP contribution in [0.25, 0.3) is 5.57 Å². The molecule has 0 atom stereocenters. The third kappa shape index (κ3) is 2.90. The number of allylic oxidation sites excluding steroid dienone is 1. The molecule has 0 aromatic carbocycles. The Kier molecular flexibility index (Phi) is 3.07. The minimum Gasteiger partial charge on any atom is -0.383 e. The predicted molar refractivity (Wildman–Crippen MR) is 56.3 cm³/mol. The Hall–Kier alpha value is -1.31. The third-order valence-electron chi connectivity index (χ3n) is 1.77. The highest BCUT2D eigenvalue weighted by Crippen LogP contribution is 2.10. The quantitative estimate of drug-likeness (QED) is 0.687. The third-order valence-corrected chi connectivity index (χ3v) is 1.77. The first kappa shape index (κ1) is 9.78. The molecule has 1 aromatic rings. The highest BCUT2D eigenvalue weighted by atomic mass is 15.0. The summed E-state index contributed by atoms with van der Waals surface area (Å²) >= 11 is 0. The second-order valence-electron chi connectivity index (χ2n) is 3.50. The molecule has 0 aliphatic carbocycles. The van der Waals surface area contributed by atoms with Crippen LogP contribution >= 0.6 is 0 Å². The molecule has 0 saturated heterocycles. The van der Waals surface area contributed by atoms with E-state index in [1.54, 1.807) is 0 Å². The molecule has 0 N–H and O–H groups in total. The molecule has 0 spiro atoms. The summed E-state index contributed by atoms with van der Waals surface area (Å²) in [7, 11) is 4.02. The minimum absolute atomic E-state index is 1.04. The van der Waals surface area contributed by atoms with Crippen molar-refractivity contribution in [2.75, 3.05) is 14.1 Å². The summed E-state index contributed by atoms with van der Waals surface area (Å²) in [4.78, 5) is 6.36. The summed E-state index contributed by atoms with van der Waals surface area (Å²) in [6.07, 6.45) is 3.96. The molecular formula is C11H16N2. The van der Waals surface area contributed by atoms with E-state index in [4.69, 9.17) is 0 Å². The number of pyridine rings is 1. The normalized spacial score (nSPS) is 11.5. The maximum absolute atomic E-state index is 4.34. The van der Waals surface area contributed by atoms with Crippen LogP contribution in [0, 0.1) is 6.92 Å². The summed E-state index contributed by atoms with van der Waals surface area (Å²) in [5, 5.41) is 0. The second-order valence-corrected chi connectivity index (χ2v) is 3.50. The summed E-state index contributed by atoms with van der Waals surface area (Å²) in [6.45, 7) is 4.11. The van der Waals surface area contributed by atoms with E-state index < -0.39 is 0 Å². The number of rotatable bonds is 2. The van der Waals surface area contributed by atoms with E-state index in [0.717, 1.165) is 5.69 Å². The zero-order valence-electron chi connectivity index (χ0n) is 8.70. The Morgan fingerprint density at radius 1 is 1.38 bits per heavy atom. The van der Waals surface area contributed by atoms with Gasteiger partial charge in [-0.15, -0.1) is 0 Å². The van der Waals surface area contributed by atoms with Crippen molar-refractivity contribution in [2.45, 2.75) is 13.8 Å². The van der Waals surface area contributed by atoms with Gasteiger partial charge in [-0.05, 0) is 31.1 Å². The standard InChI is InChI=1S/C11H16N2/c1-9-5-6-11(12-7-9)10(2)8-13(3)4/h5-8H,1-4H3/b10-8+. The van der Waals surface area contributed by atoms with Crippen molar-refractivity contribution >= 4 is 5.57 Å². The molecule has 0 fully saturated rings. The molecular weight excluding hydrogens is 160 g/mol. The van der Waals surface area contributed by atoms with Gasteiger partial charge in [0, 0.05) is 26.5 Å².